The third-order valence-electron chi connectivity index (χ3n) is 3.42. The van der Waals surface area contributed by atoms with Gasteiger partial charge in [0.25, 0.3) is 0 Å². The maximum absolute atomic E-state index is 11.9. The molecule has 1 saturated carbocycles. The molecule has 0 unspecified atom stereocenters. The third-order valence-corrected chi connectivity index (χ3v) is 3.42. The first-order chi connectivity index (χ1) is 7.83. The second-order valence-electron chi connectivity index (χ2n) is 4.31. The molecule has 2 atom stereocenters. The van der Waals surface area contributed by atoms with Gasteiger partial charge in [-0.05, 0) is 18.4 Å². The van der Waals surface area contributed by atoms with E-state index in [0.717, 1.165) is 25.9 Å². The molecule has 0 aromatic rings. The van der Waals surface area contributed by atoms with E-state index in [4.69, 9.17) is 10.3 Å². The number of hydrogen-bond donors (Lipinski definition) is 0. The first kappa shape index (κ1) is 11.2. The van der Waals surface area contributed by atoms with Crippen LogP contribution in [-0.4, -0.2) is 43.2 Å². The first-order valence-corrected chi connectivity index (χ1v) is 5.71. The molecule has 0 N–H and O–H groups in total. The van der Waals surface area contributed by atoms with Crippen molar-refractivity contribution in [2.75, 3.05) is 26.3 Å². The minimum Gasteiger partial charge on any atom is -0.379 e. The molecule has 6 heteroatoms. The van der Waals surface area contributed by atoms with Gasteiger partial charge >= 0.3 is 0 Å². The zero-order valence-corrected chi connectivity index (χ0v) is 9.21. The van der Waals surface area contributed by atoms with E-state index in [2.05, 4.69) is 10.0 Å². The number of hydrogen-bond acceptors (Lipinski definition) is 3. The quantitative estimate of drug-likeness (QED) is 0.403. The van der Waals surface area contributed by atoms with Gasteiger partial charge in [0.1, 0.15) is 6.54 Å². The monoisotopic (exact) mass is 224 g/mol. The van der Waals surface area contributed by atoms with Crippen LogP contribution in [-0.2, 0) is 9.53 Å². The summed E-state index contributed by atoms with van der Waals surface area (Å²) in [5.41, 5.74) is 8.22. The fourth-order valence-corrected chi connectivity index (χ4v) is 2.68. The van der Waals surface area contributed by atoms with E-state index >= 15 is 0 Å². The van der Waals surface area contributed by atoms with Crippen LogP contribution in [0.3, 0.4) is 0 Å². The standard InChI is InChI=1S/C10H16N4O2/c11-13-12-6-10(15)14-4-5-16-7-8-2-1-3-9(8)14/h8-9H,1-7H2/t8-,9+/m0/s1. The number of rotatable bonds is 2. The Morgan fingerprint density at radius 1 is 1.56 bits per heavy atom. The summed E-state index contributed by atoms with van der Waals surface area (Å²) >= 11 is 0. The molecular weight excluding hydrogens is 208 g/mol. The highest BCUT2D eigenvalue weighted by molar-refractivity contribution is 5.78. The highest BCUT2D eigenvalue weighted by Gasteiger charge is 2.35. The average molecular weight is 224 g/mol. The van der Waals surface area contributed by atoms with E-state index < -0.39 is 0 Å². The predicted molar refractivity (Wildman–Crippen MR) is 57.7 cm³/mol. The Bertz CT molecular complexity index is 314. The average Bonchev–Trinajstić information content (AvgIpc) is 2.66. The van der Waals surface area contributed by atoms with E-state index in [1.165, 1.54) is 0 Å². The lowest BCUT2D eigenvalue weighted by Crippen LogP contribution is -2.43. The normalized spacial score (nSPS) is 29.1. The number of azide groups is 1. The van der Waals surface area contributed by atoms with Gasteiger partial charge in [0.15, 0.2) is 0 Å². The van der Waals surface area contributed by atoms with E-state index in [-0.39, 0.29) is 12.5 Å². The molecular formula is C10H16N4O2. The van der Waals surface area contributed by atoms with Crippen molar-refractivity contribution < 1.29 is 9.53 Å². The summed E-state index contributed by atoms with van der Waals surface area (Å²) in [6, 6.07) is 0.295. The minimum absolute atomic E-state index is 0.0693. The molecule has 0 radical (unpaired) electrons. The van der Waals surface area contributed by atoms with Gasteiger partial charge in [-0.2, -0.15) is 0 Å². The van der Waals surface area contributed by atoms with Crippen molar-refractivity contribution in [3.05, 3.63) is 10.4 Å². The lowest BCUT2D eigenvalue weighted by Gasteiger charge is -2.29. The van der Waals surface area contributed by atoms with Crippen LogP contribution in [0.15, 0.2) is 5.11 Å². The van der Waals surface area contributed by atoms with Crippen LogP contribution in [0.4, 0.5) is 0 Å². The number of ether oxygens (including phenoxy) is 1. The highest BCUT2D eigenvalue weighted by Crippen LogP contribution is 2.31. The van der Waals surface area contributed by atoms with Crippen molar-refractivity contribution in [3.8, 4) is 0 Å². The Morgan fingerprint density at radius 2 is 2.44 bits per heavy atom. The molecule has 0 aromatic carbocycles. The van der Waals surface area contributed by atoms with Crippen LogP contribution in [0, 0.1) is 5.92 Å². The summed E-state index contributed by atoms with van der Waals surface area (Å²) < 4.78 is 5.50. The van der Waals surface area contributed by atoms with Gasteiger partial charge in [0.2, 0.25) is 5.91 Å². The molecule has 1 aliphatic heterocycles. The summed E-state index contributed by atoms with van der Waals surface area (Å²) in [4.78, 5) is 16.3. The van der Waals surface area contributed by atoms with Crippen LogP contribution in [0.1, 0.15) is 19.3 Å². The largest absolute Gasteiger partial charge is 0.379 e. The van der Waals surface area contributed by atoms with Gasteiger partial charge < -0.3 is 9.64 Å². The summed E-state index contributed by atoms with van der Waals surface area (Å²) in [6.07, 6.45) is 3.34. The van der Waals surface area contributed by atoms with Crippen LogP contribution in [0.5, 0.6) is 0 Å². The smallest absolute Gasteiger partial charge is 0.228 e. The Balaban J connectivity index is 2.05. The van der Waals surface area contributed by atoms with E-state index in [9.17, 15) is 4.79 Å². The maximum atomic E-state index is 11.9. The molecule has 2 fully saturated rings. The van der Waals surface area contributed by atoms with Crippen molar-refractivity contribution in [3.63, 3.8) is 0 Å². The van der Waals surface area contributed by atoms with Crippen molar-refractivity contribution in [2.45, 2.75) is 25.3 Å². The molecule has 0 bridgehead atoms. The van der Waals surface area contributed by atoms with E-state index in [1.54, 1.807) is 0 Å². The third kappa shape index (κ3) is 2.28. The molecule has 1 saturated heterocycles. The molecule has 2 rings (SSSR count). The molecule has 0 spiro atoms. The summed E-state index contributed by atoms with van der Waals surface area (Å²) in [7, 11) is 0. The van der Waals surface area contributed by atoms with Crippen molar-refractivity contribution >= 4 is 5.91 Å². The predicted octanol–water partition coefficient (Wildman–Crippen LogP) is 1.32. The van der Waals surface area contributed by atoms with Crippen molar-refractivity contribution in [2.24, 2.45) is 11.0 Å². The fraction of sp³-hybridized carbons (Fsp3) is 0.900. The van der Waals surface area contributed by atoms with Crippen LogP contribution >= 0.6 is 0 Å². The molecule has 2 aliphatic rings. The minimum atomic E-state index is -0.0697. The molecule has 6 nitrogen and oxygen atoms in total. The number of fused-ring (bicyclic) bond motifs is 1. The van der Waals surface area contributed by atoms with Crippen LogP contribution < -0.4 is 0 Å². The highest BCUT2D eigenvalue weighted by atomic mass is 16.5. The van der Waals surface area contributed by atoms with Gasteiger partial charge in [0, 0.05) is 23.4 Å². The van der Waals surface area contributed by atoms with Gasteiger partial charge in [-0.15, -0.1) is 0 Å². The molecule has 1 amide bonds. The van der Waals surface area contributed by atoms with Gasteiger partial charge in [-0.1, -0.05) is 11.5 Å². The Morgan fingerprint density at radius 3 is 3.25 bits per heavy atom. The lowest BCUT2D eigenvalue weighted by molar-refractivity contribution is -0.132. The fourth-order valence-electron chi connectivity index (χ4n) is 2.68. The van der Waals surface area contributed by atoms with Gasteiger partial charge in [-0.3, -0.25) is 4.79 Å². The summed E-state index contributed by atoms with van der Waals surface area (Å²) in [6.45, 7) is 1.91. The number of amides is 1. The maximum Gasteiger partial charge on any atom is 0.228 e. The molecule has 16 heavy (non-hydrogen) atoms. The van der Waals surface area contributed by atoms with E-state index in [1.807, 2.05) is 4.90 Å². The second-order valence-corrected chi connectivity index (χ2v) is 4.31. The Hall–Kier alpha value is -1.26. The lowest BCUT2D eigenvalue weighted by atomic mass is 10.0. The zero-order chi connectivity index (χ0) is 11.4. The summed E-state index contributed by atoms with van der Waals surface area (Å²) in [5.74, 6) is 0.401. The molecule has 1 aliphatic carbocycles. The second kappa shape index (κ2) is 5.18. The topological polar surface area (TPSA) is 78.3 Å². The number of nitrogens with zero attached hydrogens (tertiary/aromatic N) is 4. The summed E-state index contributed by atoms with van der Waals surface area (Å²) in [5, 5.41) is 3.34. The van der Waals surface area contributed by atoms with Gasteiger partial charge in [0.05, 0.1) is 13.2 Å². The van der Waals surface area contributed by atoms with Crippen molar-refractivity contribution in [1.82, 2.24) is 4.90 Å². The SMILES string of the molecule is [N-]=[N+]=NCC(=O)N1CCOC[C@@H]2CCC[C@H]21. The molecule has 0 aromatic heterocycles. The van der Waals surface area contributed by atoms with Crippen LogP contribution in [0.2, 0.25) is 0 Å². The molecule has 88 valence electrons. The van der Waals surface area contributed by atoms with E-state index in [0.29, 0.717) is 25.1 Å². The molecule has 1 heterocycles. The van der Waals surface area contributed by atoms with Crippen LogP contribution in [0.25, 0.3) is 10.4 Å². The van der Waals surface area contributed by atoms with Gasteiger partial charge in [-0.25, -0.2) is 0 Å². The van der Waals surface area contributed by atoms with Crippen molar-refractivity contribution in [1.29, 1.82) is 0 Å². The first-order valence-electron chi connectivity index (χ1n) is 5.71. The number of carbonyl (C=O) groups is 1. The Labute approximate surface area is 94.2 Å². The Kier molecular flexibility index (Phi) is 3.64. The zero-order valence-electron chi connectivity index (χ0n) is 9.21. The number of carbonyl (C=O) groups excluding carboxylic acids is 1.